The van der Waals surface area contributed by atoms with E-state index >= 15 is 0 Å². The topological polar surface area (TPSA) is 0 Å². The van der Waals surface area contributed by atoms with Crippen molar-refractivity contribution in [2.75, 3.05) is 14.1 Å². The predicted octanol–water partition coefficient (Wildman–Crippen LogP) is 10.2. The van der Waals surface area contributed by atoms with Crippen LogP contribution < -0.4 is 12.4 Å². The fourth-order valence-electron chi connectivity index (χ4n) is 6.65. The maximum absolute atomic E-state index is 2.50. The van der Waals surface area contributed by atoms with E-state index in [-0.39, 0.29) is 12.4 Å². The number of benzene rings is 1. The van der Waals surface area contributed by atoms with Crippen LogP contribution in [-0.2, 0) is 6.54 Å². The van der Waals surface area contributed by atoms with Crippen molar-refractivity contribution in [2.45, 2.75) is 200 Å². The second kappa shape index (κ2) is 29.5. The maximum Gasteiger partial charge on any atom is 0.104 e. The zero-order chi connectivity index (χ0) is 29.0. The van der Waals surface area contributed by atoms with Gasteiger partial charge in [-0.2, -0.15) is 0 Å². The van der Waals surface area contributed by atoms with Crippen molar-refractivity contribution in [1.29, 1.82) is 0 Å². The van der Waals surface area contributed by atoms with Crippen LogP contribution in [0.25, 0.3) is 0 Å². The fourth-order valence-corrected chi connectivity index (χ4v) is 6.65. The third-order valence-electron chi connectivity index (χ3n) is 9.45. The molecule has 242 valence electrons. The molecule has 0 spiro atoms. The van der Waals surface area contributed by atoms with Crippen LogP contribution in [0.1, 0.15) is 193 Å². The summed E-state index contributed by atoms with van der Waals surface area (Å²) in [4.78, 5) is 0. The van der Waals surface area contributed by atoms with Gasteiger partial charge in [0.1, 0.15) is 6.54 Å². The molecule has 1 aromatic rings. The summed E-state index contributed by atoms with van der Waals surface area (Å²) in [6.45, 7) is 5.79. The molecule has 0 fully saturated rings. The highest BCUT2D eigenvalue weighted by molar-refractivity contribution is 5.13. The van der Waals surface area contributed by atoms with Crippen molar-refractivity contribution in [3.05, 3.63) is 35.9 Å². The fraction of sp³-hybridized carbons (Fsp3) is 0.846. The Morgan fingerprint density at radius 3 is 1.05 bits per heavy atom. The van der Waals surface area contributed by atoms with Gasteiger partial charge in [0.25, 0.3) is 0 Å². The van der Waals surface area contributed by atoms with E-state index in [1.165, 1.54) is 185 Å². The molecule has 2 heteroatoms. The van der Waals surface area contributed by atoms with Gasteiger partial charge in [0.2, 0.25) is 0 Å². The highest BCUT2D eigenvalue weighted by Gasteiger charge is 2.27. The Bertz CT molecular complexity index is 628. The summed E-state index contributed by atoms with van der Waals surface area (Å²) in [6, 6.07) is 12.0. The summed E-state index contributed by atoms with van der Waals surface area (Å²) < 4.78 is 1.15. The molecule has 0 bridgehead atoms. The van der Waals surface area contributed by atoms with Crippen LogP contribution >= 0.6 is 0 Å². The molecule has 0 aliphatic heterocycles. The Labute approximate surface area is 266 Å². The van der Waals surface area contributed by atoms with Crippen LogP contribution in [0.3, 0.4) is 0 Å². The third kappa shape index (κ3) is 24.6. The lowest BCUT2D eigenvalue weighted by Gasteiger charge is -2.39. The Balaban J connectivity index is 0.0000160. The average molecular weight is 592 g/mol. The number of halogens is 1. The molecule has 0 aromatic heterocycles. The standard InChI is InChI=1S/C39H74N.ClH/c1-5-7-9-11-13-15-17-19-21-23-25-27-32-36-39(40(3,4)37-38-33-29-28-30-34-38)35-31-26-24-22-20-18-16-14-12-10-8-6-2;/h28-30,33-34,39H,5-27,31-32,35-37H2,1-4H3;1H/q+1;/p-1. The first-order valence-electron chi connectivity index (χ1n) is 18.5. The minimum atomic E-state index is 0. The summed E-state index contributed by atoms with van der Waals surface area (Å²) >= 11 is 0. The van der Waals surface area contributed by atoms with Gasteiger partial charge in [0.05, 0.1) is 20.1 Å². The first kappa shape index (κ1) is 40.5. The highest BCUT2D eigenvalue weighted by Crippen LogP contribution is 2.25. The van der Waals surface area contributed by atoms with Gasteiger partial charge in [-0.25, -0.2) is 0 Å². The lowest BCUT2D eigenvalue weighted by atomic mass is 9.96. The predicted molar refractivity (Wildman–Crippen MR) is 182 cm³/mol. The van der Waals surface area contributed by atoms with E-state index in [0.717, 1.165) is 10.5 Å². The van der Waals surface area contributed by atoms with Crippen molar-refractivity contribution in [3.63, 3.8) is 0 Å². The molecule has 0 saturated heterocycles. The first-order chi connectivity index (χ1) is 19.6. The van der Waals surface area contributed by atoms with Crippen LogP contribution in [0.4, 0.5) is 0 Å². The molecule has 1 unspecified atom stereocenters. The van der Waals surface area contributed by atoms with Gasteiger partial charge in [-0.3, -0.25) is 0 Å². The quantitative estimate of drug-likeness (QED) is 0.0616. The van der Waals surface area contributed by atoms with E-state index in [2.05, 4.69) is 58.3 Å². The number of hydrogen-bond donors (Lipinski definition) is 0. The van der Waals surface area contributed by atoms with Gasteiger partial charge in [0.15, 0.2) is 0 Å². The number of rotatable bonds is 30. The van der Waals surface area contributed by atoms with Gasteiger partial charge in [-0.05, 0) is 25.7 Å². The molecule has 1 nitrogen and oxygen atoms in total. The largest absolute Gasteiger partial charge is 1.00 e. The van der Waals surface area contributed by atoms with Crippen LogP contribution in [0.15, 0.2) is 30.3 Å². The average Bonchev–Trinajstić information content (AvgIpc) is 2.95. The number of unbranched alkanes of at least 4 members (excludes halogenated alkanes) is 23. The second-order valence-corrected chi connectivity index (χ2v) is 13.8. The van der Waals surface area contributed by atoms with Crippen LogP contribution in [0, 0.1) is 0 Å². The van der Waals surface area contributed by atoms with Gasteiger partial charge < -0.3 is 16.9 Å². The molecule has 0 radical (unpaired) electrons. The maximum atomic E-state index is 2.50. The summed E-state index contributed by atoms with van der Waals surface area (Å²) in [5, 5.41) is 0. The molecule has 0 amide bonds. The normalized spacial score (nSPS) is 12.4. The van der Waals surface area contributed by atoms with Crippen molar-refractivity contribution in [1.82, 2.24) is 0 Å². The number of nitrogens with zero attached hydrogens (tertiary/aromatic N) is 1. The highest BCUT2D eigenvalue weighted by atomic mass is 35.5. The molecule has 41 heavy (non-hydrogen) atoms. The Hall–Kier alpha value is -0.530. The summed E-state index contributed by atoms with van der Waals surface area (Å²) in [6.07, 6.45) is 39.0. The molecular formula is C39H74ClN. The van der Waals surface area contributed by atoms with E-state index < -0.39 is 0 Å². The molecule has 1 atom stereocenters. The zero-order valence-corrected chi connectivity index (χ0v) is 29.3. The monoisotopic (exact) mass is 592 g/mol. The van der Waals surface area contributed by atoms with Crippen molar-refractivity contribution in [3.8, 4) is 0 Å². The molecule has 1 rings (SSSR count). The van der Waals surface area contributed by atoms with Gasteiger partial charge in [-0.15, -0.1) is 0 Å². The van der Waals surface area contributed by atoms with Crippen molar-refractivity contribution in [2.24, 2.45) is 0 Å². The lowest BCUT2D eigenvalue weighted by molar-refractivity contribution is -0.928. The van der Waals surface area contributed by atoms with Crippen LogP contribution in [0.5, 0.6) is 0 Å². The second-order valence-electron chi connectivity index (χ2n) is 13.8. The molecule has 0 N–H and O–H groups in total. The smallest absolute Gasteiger partial charge is 0.104 e. The SMILES string of the molecule is CCCCCCCCCCCCCCCC(CCCCCCCCCCCCCC)[N+](C)(C)Cc1ccccc1.[Cl-]. The minimum absolute atomic E-state index is 0. The van der Waals surface area contributed by atoms with Gasteiger partial charge >= 0.3 is 0 Å². The first-order valence-corrected chi connectivity index (χ1v) is 18.5. The lowest BCUT2D eigenvalue weighted by Crippen LogP contribution is -3.00. The molecular weight excluding hydrogens is 518 g/mol. The third-order valence-corrected chi connectivity index (χ3v) is 9.45. The Kier molecular flexibility index (Phi) is 29.2. The Morgan fingerprint density at radius 1 is 0.439 bits per heavy atom. The molecule has 0 heterocycles. The summed E-state index contributed by atoms with van der Waals surface area (Å²) in [5.41, 5.74) is 1.50. The van der Waals surface area contributed by atoms with Gasteiger partial charge in [0, 0.05) is 5.56 Å². The van der Waals surface area contributed by atoms with E-state index in [0.29, 0.717) is 0 Å². The number of quaternary nitrogens is 1. The summed E-state index contributed by atoms with van der Waals surface area (Å²) in [5.74, 6) is 0. The van der Waals surface area contributed by atoms with Crippen molar-refractivity contribution >= 4 is 0 Å². The summed E-state index contributed by atoms with van der Waals surface area (Å²) in [7, 11) is 5.00. The van der Waals surface area contributed by atoms with Crippen LogP contribution in [-0.4, -0.2) is 24.6 Å². The van der Waals surface area contributed by atoms with E-state index in [1.807, 2.05) is 0 Å². The van der Waals surface area contributed by atoms with E-state index in [9.17, 15) is 0 Å². The molecule has 0 aliphatic carbocycles. The minimum Gasteiger partial charge on any atom is -1.00 e. The molecule has 1 aromatic carbocycles. The molecule has 0 saturated carbocycles. The van der Waals surface area contributed by atoms with Gasteiger partial charge in [-0.1, -0.05) is 192 Å². The van der Waals surface area contributed by atoms with Crippen LogP contribution in [0.2, 0.25) is 0 Å². The van der Waals surface area contributed by atoms with E-state index in [1.54, 1.807) is 0 Å². The molecule has 0 aliphatic rings. The Morgan fingerprint density at radius 2 is 0.732 bits per heavy atom. The van der Waals surface area contributed by atoms with Crippen molar-refractivity contribution < 1.29 is 16.9 Å². The zero-order valence-electron chi connectivity index (χ0n) is 28.6. The number of hydrogen-bond acceptors (Lipinski definition) is 0. The van der Waals surface area contributed by atoms with E-state index in [4.69, 9.17) is 0 Å².